The van der Waals surface area contributed by atoms with Crippen LogP contribution in [-0.2, 0) is 6.42 Å². The number of amides is 1. The summed E-state index contributed by atoms with van der Waals surface area (Å²) in [6, 6.07) is 11.9. The number of carbonyl (C=O) groups is 1. The van der Waals surface area contributed by atoms with E-state index in [0.29, 0.717) is 12.2 Å². The maximum atomic E-state index is 12.5. The molecule has 0 radical (unpaired) electrons. The summed E-state index contributed by atoms with van der Waals surface area (Å²) >= 11 is 0. The third kappa shape index (κ3) is 2.86. The summed E-state index contributed by atoms with van der Waals surface area (Å²) in [5, 5.41) is 1.10. The molecule has 0 saturated heterocycles. The fourth-order valence-electron chi connectivity index (χ4n) is 2.58. The molecular formula is C18H19N3O. The van der Waals surface area contributed by atoms with E-state index in [9.17, 15) is 4.79 Å². The molecule has 1 amide bonds. The monoisotopic (exact) mass is 293 g/mol. The number of H-pyrrole nitrogens is 1. The molecular weight excluding hydrogens is 274 g/mol. The number of fused-ring (bicyclic) bond motifs is 1. The van der Waals surface area contributed by atoms with Gasteiger partial charge in [0.2, 0.25) is 0 Å². The lowest BCUT2D eigenvalue weighted by molar-refractivity contribution is 0.0792. The van der Waals surface area contributed by atoms with Crippen molar-refractivity contribution in [2.45, 2.75) is 13.3 Å². The van der Waals surface area contributed by atoms with Crippen LogP contribution in [0.5, 0.6) is 0 Å². The number of carbonyl (C=O) groups excluding carboxylic acids is 1. The molecule has 0 aliphatic carbocycles. The lowest BCUT2D eigenvalue weighted by Gasteiger charge is -2.16. The van der Waals surface area contributed by atoms with Crippen molar-refractivity contribution in [1.29, 1.82) is 0 Å². The lowest BCUT2D eigenvalue weighted by Crippen LogP contribution is -2.29. The van der Waals surface area contributed by atoms with E-state index in [1.54, 1.807) is 17.3 Å². The van der Waals surface area contributed by atoms with Gasteiger partial charge in [-0.2, -0.15) is 0 Å². The first-order chi connectivity index (χ1) is 10.6. The van der Waals surface area contributed by atoms with Crippen LogP contribution in [-0.4, -0.2) is 34.4 Å². The van der Waals surface area contributed by atoms with Crippen LogP contribution in [0.3, 0.4) is 0 Å². The summed E-state index contributed by atoms with van der Waals surface area (Å²) < 4.78 is 0. The van der Waals surface area contributed by atoms with Crippen molar-refractivity contribution in [3.8, 4) is 0 Å². The van der Waals surface area contributed by atoms with Gasteiger partial charge in [0.1, 0.15) is 5.69 Å². The number of nitrogens with zero attached hydrogens (tertiary/aromatic N) is 2. The second-order valence-corrected chi connectivity index (χ2v) is 5.55. The highest BCUT2D eigenvalue weighted by atomic mass is 16.2. The number of aromatic amines is 1. The Kier molecular flexibility index (Phi) is 3.92. The van der Waals surface area contributed by atoms with Crippen LogP contribution < -0.4 is 0 Å². The van der Waals surface area contributed by atoms with Crippen molar-refractivity contribution in [2.75, 3.05) is 13.6 Å². The van der Waals surface area contributed by atoms with E-state index in [1.165, 1.54) is 11.1 Å². The minimum Gasteiger partial charge on any atom is -0.351 e. The van der Waals surface area contributed by atoms with Crippen LogP contribution in [0.4, 0.5) is 0 Å². The quantitative estimate of drug-likeness (QED) is 0.803. The van der Waals surface area contributed by atoms with E-state index >= 15 is 0 Å². The van der Waals surface area contributed by atoms with Gasteiger partial charge in [-0.3, -0.25) is 9.78 Å². The number of hydrogen-bond acceptors (Lipinski definition) is 2. The van der Waals surface area contributed by atoms with E-state index in [2.05, 4.69) is 23.0 Å². The van der Waals surface area contributed by atoms with Crippen LogP contribution >= 0.6 is 0 Å². The van der Waals surface area contributed by atoms with Gasteiger partial charge in [-0.1, -0.05) is 12.1 Å². The van der Waals surface area contributed by atoms with Crippen molar-refractivity contribution >= 4 is 16.8 Å². The molecule has 2 aromatic heterocycles. The standard InChI is InChI=1S/C18H19N3O/c1-13-4-3-5-16-15(13)12-17(20-16)18(22)21(2)11-8-14-6-9-19-10-7-14/h3-7,9-10,12,20H,8,11H2,1-2H3. The maximum Gasteiger partial charge on any atom is 0.270 e. The Morgan fingerprint density at radius 1 is 1.23 bits per heavy atom. The third-order valence-electron chi connectivity index (χ3n) is 3.94. The zero-order valence-corrected chi connectivity index (χ0v) is 12.8. The summed E-state index contributed by atoms with van der Waals surface area (Å²) in [5.41, 5.74) is 4.00. The molecule has 0 spiro atoms. The summed E-state index contributed by atoms with van der Waals surface area (Å²) in [6.45, 7) is 2.73. The predicted molar refractivity (Wildman–Crippen MR) is 87.9 cm³/mol. The zero-order chi connectivity index (χ0) is 15.5. The number of nitrogens with one attached hydrogen (secondary N) is 1. The molecule has 3 rings (SSSR count). The normalized spacial score (nSPS) is 10.8. The van der Waals surface area contributed by atoms with Crippen LogP contribution in [0.2, 0.25) is 0 Å². The summed E-state index contributed by atoms with van der Waals surface area (Å²) in [7, 11) is 1.84. The van der Waals surface area contributed by atoms with Gasteiger partial charge in [0.05, 0.1) is 0 Å². The highest BCUT2D eigenvalue weighted by Gasteiger charge is 2.14. The molecule has 3 aromatic rings. The highest BCUT2D eigenvalue weighted by Crippen LogP contribution is 2.20. The number of likely N-dealkylation sites (N-methyl/N-ethyl adjacent to an activating group) is 1. The maximum absolute atomic E-state index is 12.5. The number of hydrogen-bond donors (Lipinski definition) is 1. The number of aryl methyl sites for hydroxylation is 1. The van der Waals surface area contributed by atoms with Crippen molar-refractivity contribution < 1.29 is 4.79 Å². The van der Waals surface area contributed by atoms with Crippen molar-refractivity contribution in [1.82, 2.24) is 14.9 Å². The second kappa shape index (κ2) is 6.02. The second-order valence-electron chi connectivity index (χ2n) is 5.55. The summed E-state index contributed by atoms with van der Waals surface area (Å²) in [4.78, 5) is 21.5. The van der Waals surface area contributed by atoms with E-state index in [1.807, 2.05) is 37.4 Å². The molecule has 22 heavy (non-hydrogen) atoms. The molecule has 1 N–H and O–H groups in total. The smallest absolute Gasteiger partial charge is 0.270 e. The van der Waals surface area contributed by atoms with Crippen molar-refractivity contribution in [3.05, 3.63) is 65.6 Å². The van der Waals surface area contributed by atoms with Crippen LogP contribution in [0.1, 0.15) is 21.6 Å². The topological polar surface area (TPSA) is 49.0 Å². The van der Waals surface area contributed by atoms with Gasteiger partial charge in [0.15, 0.2) is 0 Å². The van der Waals surface area contributed by atoms with Gasteiger partial charge in [-0.15, -0.1) is 0 Å². The van der Waals surface area contributed by atoms with Gasteiger partial charge >= 0.3 is 0 Å². The molecule has 4 heteroatoms. The average Bonchev–Trinajstić information content (AvgIpc) is 2.98. The number of pyridine rings is 1. The van der Waals surface area contributed by atoms with Crippen LogP contribution in [0.15, 0.2) is 48.8 Å². The molecule has 0 unspecified atom stereocenters. The van der Waals surface area contributed by atoms with E-state index < -0.39 is 0 Å². The fraction of sp³-hybridized carbons (Fsp3) is 0.222. The van der Waals surface area contributed by atoms with Gasteiger partial charge in [-0.25, -0.2) is 0 Å². The lowest BCUT2D eigenvalue weighted by atomic mass is 10.1. The summed E-state index contributed by atoms with van der Waals surface area (Å²) in [5.74, 6) is 0.0182. The van der Waals surface area contributed by atoms with Crippen LogP contribution in [0, 0.1) is 6.92 Å². The molecule has 0 atom stereocenters. The Morgan fingerprint density at radius 3 is 2.73 bits per heavy atom. The Morgan fingerprint density at radius 2 is 2.00 bits per heavy atom. The molecule has 112 valence electrons. The first-order valence-electron chi connectivity index (χ1n) is 7.38. The number of aromatic nitrogens is 2. The van der Waals surface area contributed by atoms with Gasteiger partial charge in [-0.05, 0) is 48.7 Å². The highest BCUT2D eigenvalue weighted by molar-refractivity contribution is 5.98. The zero-order valence-electron chi connectivity index (χ0n) is 12.8. The Labute approximate surface area is 129 Å². The minimum atomic E-state index is 0.0182. The first-order valence-corrected chi connectivity index (χ1v) is 7.38. The Balaban J connectivity index is 1.73. The first kappa shape index (κ1) is 14.3. The largest absolute Gasteiger partial charge is 0.351 e. The SMILES string of the molecule is Cc1cccc2[nH]c(C(=O)N(C)CCc3ccncc3)cc12. The molecule has 0 fully saturated rings. The van der Waals surface area contributed by atoms with Gasteiger partial charge < -0.3 is 9.88 Å². The third-order valence-corrected chi connectivity index (χ3v) is 3.94. The minimum absolute atomic E-state index is 0.0182. The molecule has 0 aliphatic heterocycles. The number of benzene rings is 1. The number of rotatable bonds is 4. The van der Waals surface area contributed by atoms with E-state index in [0.717, 1.165) is 17.3 Å². The van der Waals surface area contributed by atoms with E-state index in [4.69, 9.17) is 0 Å². The molecule has 1 aromatic carbocycles. The van der Waals surface area contributed by atoms with Crippen LogP contribution in [0.25, 0.3) is 10.9 Å². The molecule has 0 aliphatic rings. The van der Waals surface area contributed by atoms with E-state index in [-0.39, 0.29) is 5.91 Å². The molecule has 0 saturated carbocycles. The van der Waals surface area contributed by atoms with Gasteiger partial charge in [0, 0.05) is 36.9 Å². The predicted octanol–water partition coefficient (Wildman–Crippen LogP) is 3.19. The fourth-order valence-corrected chi connectivity index (χ4v) is 2.58. The van der Waals surface area contributed by atoms with Gasteiger partial charge in [0.25, 0.3) is 5.91 Å². The molecule has 4 nitrogen and oxygen atoms in total. The Bertz CT molecular complexity index is 792. The average molecular weight is 293 g/mol. The summed E-state index contributed by atoms with van der Waals surface area (Å²) in [6.07, 6.45) is 4.37. The Hall–Kier alpha value is -2.62. The molecule has 2 heterocycles. The molecule has 0 bridgehead atoms. The van der Waals surface area contributed by atoms with Crippen molar-refractivity contribution in [3.63, 3.8) is 0 Å². The van der Waals surface area contributed by atoms with Crippen molar-refractivity contribution in [2.24, 2.45) is 0 Å².